The molecule has 1 saturated carbocycles. The van der Waals surface area contributed by atoms with E-state index >= 15 is 0 Å². The van der Waals surface area contributed by atoms with Crippen LogP contribution < -0.4 is 5.32 Å². The van der Waals surface area contributed by atoms with Gasteiger partial charge in [0.1, 0.15) is 0 Å². The number of aromatic nitrogens is 2. The minimum Gasteiger partial charge on any atom is -0.337 e. The van der Waals surface area contributed by atoms with E-state index < -0.39 is 0 Å². The fraction of sp³-hybridized carbons (Fsp3) is 0.571. The smallest absolute Gasteiger partial charge is 0.0946 e. The third kappa shape index (κ3) is 2.90. The van der Waals surface area contributed by atoms with Crippen LogP contribution in [-0.4, -0.2) is 22.6 Å². The molecule has 1 saturated heterocycles. The van der Waals surface area contributed by atoms with E-state index in [0.717, 1.165) is 31.5 Å². The normalized spacial score (nSPS) is 22.5. The molecule has 1 aliphatic heterocycles. The van der Waals surface area contributed by atoms with Crippen molar-refractivity contribution in [3.63, 3.8) is 0 Å². The Morgan fingerprint density at radius 1 is 1.00 bits per heavy atom. The van der Waals surface area contributed by atoms with Gasteiger partial charge in [-0.25, -0.2) is 4.98 Å². The van der Waals surface area contributed by atoms with Crippen LogP contribution in [-0.2, 0) is 12.0 Å². The summed E-state index contributed by atoms with van der Waals surface area (Å²) in [4.78, 5) is 4.32. The highest BCUT2D eigenvalue weighted by molar-refractivity contribution is 5.29. The van der Waals surface area contributed by atoms with Crippen molar-refractivity contribution in [1.82, 2.24) is 14.9 Å². The maximum atomic E-state index is 4.32. The molecule has 2 aromatic rings. The second-order valence-corrected chi connectivity index (χ2v) is 7.65. The summed E-state index contributed by atoms with van der Waals surface area (Å²) in [5.41, 5.74) is 1.80. The highest BCUT2D eigenvalue weighted by Gasteiger charge is 2.47. The lowest BCUT2D eigenvalue weighted by molar-refractivity contribution is 0.113. The summed E-state index contributed by atoms with van der Waals surface area (Å²) in [6.07, 6.45) is 14.2. The van der Waals surface area contributed by atoms with E-state index in [2.05, 4.69) is 51.4 Å². The molecule has 0 amide bonds. The van der Waals surface area contributed by atoms with Crippen molar-refractivity contribution < 1.29 is 0 Å². The molecule has 3 nitrogen and oxygen atoms in total. The zero-order valence-electron chi connectivity index (χ0n) is 14.5. The molecule has 1 aromatic carbocycles. The number of hydrogen-bond acceptors (Lipinski definition) is 2. The first-order valence-corrected chi connectivity index (χ1v) is 9.61. The third-order valence-electron chi connectivity index (χ3n) is 6.47. The number of benzene rings is 1. The Balaban J connectivity index is 1.80. The van der Waals surface area contributed by atoms with Gasteiger partial charge in [-0.05, 0) is 56.2 Å². The Labute approximate surface area is 145 Å². The van der Waals surface area contributed by atoms with Gasteiger partial charge in [-0.2, -0.15) is 0 Å². The molecule has 0 spiro atoms. The number of rotatable bonds is 5. The molecule has 2 fully saturated rings. The minimum atomic E-state index is 0.251. The standard InChI is InChI=1S/C21H29N3/c1-2-6-18(7-3-1)21(19-8-4-5-9-19,16-24-15-14-23-17-24)20-10-12-22-13-11-20/h1-3,6-7,14-15,17,19-20,22H,4-5,8-13,16H2. The second kappa shape index (κ2) is 7.10. The first-order valence-electron chi connectivity index (χ1n) is 9.61. The van der Waals surface area contributed by atoms with Crippen LogP contribution in [0.5, 0.6) is 0 Å². The molecule has 24 heavy (non-hydrogen) atoms. The van der Waals surface area contributed by atoms with Gasteiger partial charge in [0.2, 0.25) is 0 Å². The molecular weight excluding hydrogens is 294 g/mol. The van der Waals surface area contributed by atoms with Gasteiger partial charge in [0.15, 0.2) is 0 Å². The maximum Gasteiger partial charge on any atom is 0.0946 e. The van der Waals surface area contributed by atoms with Crippen LogP contribution in [0.15, 0.2) is 49.1 Å². The fourth-order valence-corrected chi connectivity index (χ4v) is 5.36. The van der Waals surface area contributed by atoms with E-state index in [0.29, 0.717) is 0 Å². The number of imidazole rings is 1. The molecule has 4 rings (SSSR count). The highest BCUT2D eigenvalue weighted by Crippen LogP contribution is 2.50. The number of nitrogens with zero attached hydrogens (tertiary/aromatic N) is 2. The quantitative estimate of drug-likeness (QED) is 0.901. The van der Waals surface area contributed by atoms with Crippen LogP contribution in [0.2, 0.25) is 0 Å². The van der Waals surface area contributed by atoms with E-state index in [1.807, 2.05) is 12.5 Å². The predicted molar refractivity (Wildman–Crippen MR) is 97.9 cm³/mol. The summed E-state index contributed by atoms with van der Waals surface area (Å²) in [6.45, 7) is 3.40. The Hall–Kier alpha value is -1.61. The van der Waals surface area contributed by atoms with Gasteiger partial charge in [0, 0.05) is 24.4 Å². The molecule has 128 valence electrons. The summed E-state index contributed by atoms with van der Waals surface area (Å²) < 4.78 is 2.33. The topological polar surface area (TPSA) is 29.9 Å². The van der Waals surface area contributed by atoms with E-state index in [9.17, 15) is 0 Å². The lowest BCUT2D eigenvalue weighted by Gasteiger charge is -2.48. The molecule has 1 unspecified atom stereocenters. The second-order valence-electron chi connectivity index (χ2n) is 7.65. The largest absolute Gasteiger partial charge is 0.337 e. The zero-order chi connectivity index (χ0) is 16.2. The average Bonchev–Trinajstić information content (AvgIpc) is 3.35. The Morgan fingerprint density at radius 3 is 2.38 bits per heavy atom. The van der Waals surface area contributed by atoms with Crippen LogP contribution in [0.3, 0.4) is 0 Å². The van der Waals surface area contributed by atoms with E-state index in [4.69, 9.17) is 0 Å². The van der Waals surface area contributed by atoms with Crippen molar-refractivity contribution in [2.75, 3.05) is 13.1 Å². The van der Waals surface area contributed by atoms with Gasteiger partial charge < -0.3 is 9.88 Å². The Kier molecular flexibility index (Phi) is 4.70. The van der Waals surface area contributed by atoms with E-state index in [-0.39, 0.29) is 5.41 Å². The van der Waals surface area contributed by atoms with Gasteiger partial charge in [-0.1, -0.05) is 43.2 Å². The van der Waals surface area contributed by atoms with Crippen molar-refractivity contribution in [2.24, 2.45) is 11.8 Å². The van der Waals surface area contributed by atoms with Crippen LogP contribution in [0.4, 0.5) is 0 Å². The Morgan fingerprint density at radius 2 is 1.71 bits per heavy atom. The number of hydrogen-bond donors (Lipinski definition) is 1. The first-order chi connectivity index (χ1) is 11.9. The molecule has 1 N–H and O–H groups in total. The van der Waals surface area contributed by atoms with Gasteiger partial charge in [-0.3, -0.25) is 0 Å². The molecule has 0 radical (unpaired) electrons. The van der Waals surface area contributed by atoms with Crippen molar-refractivity contribution in [2.45, 2.75) is 50.5 Å². The van der Waals surface area contributed by atoms with E-state index in [1.165, 1.54) is 38.5 Å². The number of nitrogens with one attached hydrogen (secondary N) is 1. The zero-order valence-corrected chi connectivity index (χ0v) is 14.5. The van der Waals surface area contributed by atoms with Crippen molar-refractivity contribution in [3.05, 3.63) is 54.6 Å². The third-order valence-corrected chi connectivity index (χ3v) is 6.47. The molecule has 1 aliphatic carbocycles. The highest BCUT2D eigenvalue weighted by atomic mass is 15.0. The van der Waals surface area contributed by atoms with Crippen molar-refractivity contribution >= 4 is 0 Å². The summed E-state index contributed by atoms with van der Waals surface area (Å²) in [5, 5.41) is 3.57. The van der Waals surface area contributed by atoms with Crippen molar-refractivity contribution in [1.29, 1.82) is 0 Å². The number of piperidine rings is 1. The summed E-state index contributed by atoms with van der Waals surface area (Å²) in [6, 6.07) is 11.4. The van der Waals surface area contributed by atoms with Crippen LogP contribution in [0, 0.1) is 11.8 Å². The molecule has 0 bridgehead atoms. The van der Waals surface area contributed by atoms with Crippen LogP contribution in [0.25, 0.3) is 0 Å². The maximum absolute atomic E-state index is 4.32. The van der Waals surface area contributed by atoms with Gasteiger partial charge in [0.05, 0.1) is 6.33 Å². The predicted octanol–water partition coefficient (Wildman–Crippen LogP) is 4.01. The summed E-state index contributed by atoms with van der Waals surface area (Å²) in [5.74, 6) is 1.55. The SMILES string of the molecule is c1ccc(C(Cn2ccnc2)(C2CCCC2)C2CCNCC2)cc1. The average molecular weight is 323 g/mol. The van der Waals surface area contributed by atoms with Gasteiger partial charge in [-0.15, -0.1) is 0 Å². The van der Waals surface area contributed by atoms with E-state index in [1.54, 1.807) is 5.56 Å². The minimum absolute atomic E-state index is 0.251. The molecule has 1 atom stereocenters. The molecular formula is C21H29N3. The van der Waals surface area contributed by atoms with Gasteiger partial charge >= 0.3 is 0 Å². The fourth-order valence-electron chi connectivity index (χ4n) is 5.36. The lowest BCUT2D eigenvalue weighted by Crippen LogP contribution is -2.48. The van der Waals surface area contributed by atoms with Crippen LogP contribution in [0.1, 0.15) is 44.1 Å². The summed E-state index contributed by atoms with van der Waals surface area (Å²) in [7, 11) is 0. The summed E-state index contributed by atoms with van der Waals surface area (Å²) >= 11 is 0. The molecule has 3 heteroatoms. The van der Waals surface area contributed by atoms with Crippen molar-refractivity contribution in [3.8, 4) is 0 Å². The molecule has 2 heterocycles. The Bertz CT molecular complexity index is 610. The van der Waals surface area contributed by atoms with Gasteiger partial charge in [0.25, 0.3) is 0 Å². The first kappa shape index (κ1) is 15.9. The molecule has 2 aliphatic rings. The monoisotopic (exact) mass is 323 g/mol. The molecule has 1 aromatic heterocycles. The van der Waals surface area contributed by atoms with Crippen LogP contribution >= 0.6 is 0 Å². The lowest BCUT2D eigenvalue weighted by atomic mass is 9.59.